The average molecular weight is 282 g/mol. The number of piperidine rings is 1. The molecule has 1 saturated heterocycles. The van der Waals surface area contributed by atoms with Gasteiger partial charge in [0.15, 0.2) is 5.78 Å². The predicted molar refractivity (Wildman–Crippen MR) is 77.2 cm³/mol. The molecule has 1 aliphatic rings. The molecule has 0 spiro atoms. The minimum absolute atomic E-state index is 0.0868. The third-order valence-corrected chi connectivity index (χ3v) is 3.61. The number of rotatable bonds is 5. The van der Waals surface area contributed by atoms with Crippen LogP contribution in [0.1, 0.15) is 36.5 Å². The van der Waals surface area contributed by atoms with E-state index in [-0.39, 0.29) is 11.7 Å². The minimum atomic E-state index is 0.0868. The van der Waals surface area contributed by atoms with E-state index in [1.807, 2.05) is 6.92 Å². The van der Waals surface area contributed by atoms with Crippen LogP contribution in [0.2, 0.25) is 5.02 Å². The summed E-state index contributed by atoms with van der Waals surface area (Å²) in [7, 11) is 0. The molecule has 0 aliphatic carbocycles. The fourth-order valence-corrected chi connectivity index (χ4v) is 2.51. The zero-order valence-corrected chi connectivity index (χ0v) is 12.0. The van der Waals surface area contributed by atoms with Crippen molar-refractivity contribution in [3.8, 4) is 5.75 Å². The van der Waals surface area contributed by atoms with Crippen molar-refractivity contribution >= 4 is 17.4 Å². The Morgan fingerprint density at radius 2 is 2.16 bits per heavy atom. The number of ketones is 1. The van der Waals surface area contributed by atoms with Gasteiger partial charge in [0.25, 0.3) is 0 Å². The van der Waals surface area contributed by atoms with Crippen LogP contribution in [0, 0.1) is 5.92 Å². The van der Waals surface area contributed by atoms with Crippen molar-refractivity contribution in [2.75, 3.05) is 19.7 Å². The van der Waals surface area contributed by atoms with Gasteiger partial charge in [0, 0.05) is 10.9 Å². The fourth-order valence-electron chi connectivity index (χ4n) is 2.34. The highest BCUT2D eigenvalue weighted by Gasteiger charge is 2.24. The molecule has 1 heterocycles. The number of benzene rings is 1. The van der Waals surface area contributed by atoms with Crippen LogP contribution in [0.15, 0.2) is 18.2 Å². The highest BCUT2D eigenvalue weighted by Crippen LogP contribution is 2.28. The van der Waals surface area contributed by atoms with Gasteiger partial charge in [-0.25, -0.2) is 0 Å². The van der Waals surface area contributed by atoms with E-state index in [1.165, 1.54) is 0 Å². The van der Waals surface area contributed by atoms with E-state index in [0.717, 1.165) is 32.4 Å². The maximum absolute atomic E-state index is 12.6. The van der Waals surface area contributed by atoms with E-state index >= 15 is 0 Å². The van der Waals surface area contributed by atoms with E-state index in [2.05, 4.69) is 5.32 Å². The summed E-state index contributed by atoms with van der Waals surface area (Å²) in [5.74, 6) is 0.911. The van der Waals surface area contributed by atoms with Crippen LogP contribution < -0.4 is 10.1 Å². The number of carbonyl (C=O) groups excluding carboxylic acids is 1. The van der Waals surface area contributed by atoms with Crippen molar-refractivity contribution in [3.05, 3.63) is 28.8 Å². The fraction of sp³-hybridized carbons (Fsp3) is 0.533. The van der Waals surface area contributed by atoms with Crippen LogP contribution in [0.5, 0.6) is 5.75 Å². The lowest BCUT2D eigenvalue weighted by Crippen LogP contribution is -2.32. The van der Waals surface area contributed by atoms with E-state index < -0.39 is 0 Å². The average Bonchev–Trinajstić information content (AvgIpc) is 2.46. The third kappa shape index (κ3) is 3.71. The molecule has 0 amide bonds. The highest BCUT2D eigenvalue weighted by molar-refractivity contribution is 6.31. The summed E-state index contributed by atoms with van der Waals surface area (Å²) < 4.78 is 5.66. The van der Waals surface area contributed by atoms with Crippen LogP contribution in [0.3, 0.4) is 0 Å². The monoisotopic (exact) mass is 281 g/mol. The Hall–Kier alpha value is -1.06. The van der Waals surface area contributed by atoms with E-state index in [9.17, 15) is 4.79 Å². The van der Waals surface area contributed by atoms with Crippen molar-refractivity contribution in [1.29, 1.82) is 0 Å². The van der Waals surface area contributed by atoms with Gasteiger partial charge in [-0.1, -0.05) is 18.5 Å². The van der Waals surface area contributed by atoms with Crippen LogP contribution in [-0.4, -0.2) is 25.5 Å². The maximum atomic E-state index is 12.6. The summed E-state index contributed by atoms with van der Waals surface area (Å²) in [6.07, 6.45) is 2.70. The molecule has 104 valence electrons. The molecule has 1 N–H and O–H groups in total. The Labute approximate surface area is 119 Å². The predicted octanol–water partition coefficient (Wildman–Crippen LogP) is 3.31. The Bertz CT molecular complexity index is 442. The van der Waals surface area contributed by atoms with Crippen LogP contribution in [0.25, 0.3) is 0 Å². The second kappa shape index (κ2) is 6.92. The molecule has 0 aromatic heterocycles. The number of nitrogens with one attached hydrogen (secondary N) is 1. The molecular weight excluding hydrogens is 262 g/mol. The summed E-state index contributed by atoms with van der Waals surface area (Å²) in [6, 6.07) is 5.30. The Morgan fingerprint density at radius 1 is 1.42 bits per heavy atom. The molecule has 1 aliphatic heterocycles. The molecule has 1 aromatic rings. The first-order chi connectivity index (χ1) is 9.22. The minimum Gasteiger partial charge on any atom is -0.493 e. The quantitative estimate of drug-likeness (QED) is 0.842. The molecule has 4 heteroatoms. The Kier molecular flexibility index (Phi) is 5.23. The second-order valence-corrected chi connectivity index (χ2v) is 5.31. The summed E-state index contributed by atoms with van der Waals surface area (Å²) in [6.45, 7) is 4.47. The molecule has 1 fully saturated rings. The summed E-state index contributed by atoms with van der Waals surface area (Å²) in [5.41, 5.74) is 0.632. The van der Waals surface area contributed by atoms with Crippen LogP contribution in [-0.2, 0) is 0 Å². The number of Topliss-reactive ketones (excluding diaryl/α,β-unsaturated/α-hetero) is 1. The van der Waals surface area contributed by atoms with Gasteiger partial charge in [-0.2, -0.15) is 0 Å². The molecular formula is C15H20ClNO2. The van der Waals surface area contributed by atoms with E-state index in [4.69, 9.17) is 16.3 Å². The van der Waals surface area contributed by atoms with Gasteiger partial charge in [-0.3, -0.25) is 4.79 Å². The highest BCUT2D eigenvalue weighted by atomic mass is 35.5. The Morgan fingerprint density at radius 3 is 2.84 bits per heavy atom. The molecule has 0 radical (unpaired) electrons. The molecule has 3 nitrogen and oxygen atoms in total. The van der Waals surface area contributed by atoms with Crippen molar-refractivity contribution < 1.29 is 9.53 Å². The molecule has 2 rings (SSSR count). The lowest BCUT2D eigenvalue weighted by molar-refractivity contribution is 0.0891. The summed E-state index contributed by atoms with van der Waals surface area (Å²) >= 11 is 6.01. The maximum Gasteiger partial charge on any atom is 0.169 e. The topological polar surface area (TPSA) is 38.3 Å². The third-order valence-electron chi connectivity index (χ3n) is 3.38. The van der Waals surface area contributed by atoms with Gasteiger partial charge in [0.1, 0.15) is 5.75 Å². The van der Waals surface area contributed by atoms with E-state index in [0.29, 0.717) is 22.9 Å². The zero-order valence-electron chi connectivity index (χ0n) is 11.2. The van der Waals surface area contributed by atoms with Gasteiger partial charge < -0.3 is 10.1 Å². The lowest BCUT2D eigenvalue weighted by atomic mass is 9.89. The molecule has 1 aromatic carbocycles. The largest absolute Gasteiger partial charge is 0.493 e. The number of ether oxygens (including phenoxy) is 1. The molecule has 0 atom stereocenters. The number of hydrogen-bond donors (Lipinski definition) is 1. The first-order valence-electron chi connectivity index (χ1n) is 6.89. The zero-order chi connectivity index (χ0) is 13.7. The SMILES string of the molecule is CCCOc1ccc(Cl)cc1C(=O)C1CCNCC1. The molecule has 0 bridgehead atoms. The normalized spacial score (nSPS) is 16.3. The molecule has 19 heavy (non-hydrogen) atoms. The second-order valence-electron chi connectivity index (χ2n) is 4.88. The van der Waals surface area contributed by atoms with Crippen LogP contribution >= 0.6 is 11.6 Å². The van der Waals surface area contributed by atoms with E-state index in [1.54, 1.807) is 18.2 Å². The van der Waals surface area contributed by atoms with Crippen molar-refractivity contribution in [2.24, 2.45) is 5.92 Å². The molecule has 0 unspecified atom stereocenters. The Balaban J connectivity index is 2.20. The van der Waals surface area contributed by atoms with Gasteiger partial charge in [0.2, 0.25) is 0 Å². The summed E-state index contributed by atoms with van der Waals surface area (Å²) in [5, 5.41) is 3.86. The first kappa shape index (κ1) is 14.4. The van der Waals surface area contributed by atoms with Crippen molar-refractivity contribution in [3.63, 3.8) is 0 Å². The van der Waals surface area contributed by atoms with Gasteiger partial charge >= 0.3 is 0 Å². The smallest absolute Gasteiger partial charge is 0.169 e. The lowest BCUT2D eigenvalue weighted by Gasteiger charge is -2.22. The van der Waals surface area contributed by atoms with Gasteiger partial charge in [-0.15, -0.1) is 0 Å². The van der Waals surface area contributed by atoms with Gasteiger partial charge in [-0.05, 0) is 50.6 Å². The first-order valence-corrected chi connectivity index (χ1v) is 7.27. The van der Waals surface area contributed by atoms with Gasteiger partial charge in [0.05, 0.1) is 12.2 Å². The molecule has 0 saturated carbocycles. The van der Waals surface area contributed by atoms with Crippen molar-refractivity contribution in [1.82, 2.24) is 5.32 Å². The number of carbonyl (C=O) groups is 1. The number of halogens is 1. The summed E-state index contributed by atoms with van der Waals surface area (Å²) in [4.78, 5) is 12.6. The van der Waals surface area contributed by atoms with Crippen molar-refractivity contribution in [2.45, 2.75) is 26.2 Å². The standard InChI is InChI=1S/C15H20ClNO2/c1-2-9-19-14-4-3-12(16)10-13(14)15(18)11-5-7-17-8-6-11/h3-4,10-11,17H,2,5-9H2,1H3. The van der Waals surface area contributed by atoms with Crippen LogP contribution in [0.4, 0.5) is 0 Å². The number of hydrogen-bond acceptors (Lipinski definition) is 3.